The largest absolute Gasteiger partial charge is 0.484 e. The normalized spacial score (nSPS) is 10.4. The molecule has 4 heteroatoms. The molecule has 0 atom stereocenters. The fraction of sp³-hybridized carbons (Fsp3) is 0.333. The van der Waals surface area contributed by atoms with E-state index < -0.39 is 0 Å². The fourth-order valence-electron chi connectivity index (χ4n) is 1.50. The van der Waals surface area contributed by atoms with Crippen LogP contribution in [-0.2, 0) is 6.61 Å². The lowest BCUT2D eigenvalue weighted by molar-refractivity contribution is 0.259. The predicted octanol–water partition coefficient (Wildman–Crippen LogP) is 2.57. The summed E-state index contributed by atoms with van der Waals surface area (Å²) in [7, 11) is 0. The second-order valence-electron chi connectivity index (χ2n) is 3.77. The third-order valence-electron chi connectivity index (χ3n) is 2.25. The van der Waals surface area contributed by atoms with Gasteiger partial charge in [-0.15, -0.1) is 10.2 Å². The average molecular weight is 218 g/mol. The molecule has 0 aliphatic rings. The van der Waals surface area contributed by atoms with E-state index in [0.29, 0.717) is 18.4 Å². The fourth-order valence-corrected chi connectivity index (χ4v) is 1.50. The summed E-state index contributed by atoms with van der Waals surface area (Å²) in [5, 5.41) is 7.61. The number of hydrogen-bond donors (Lipinski definition) is 0. The molecule has 0 saturated heterocycles. The van der Waals surface area contributed by atoms with Gasteiger partial charge in [-0.1, -0.05) is 17.7 Å². The van der Waals surface area contributed by atoms with Crippen molar-refractivity contribution < 1.29 is 9.15 Å². The van der Waals surface area contributed by atoms with Gasteiger partial charge in [0.2, 0.25) is 5.89 Å². The summed E-state index contributed by atoms with van der Waals surface area (Å²) >= 11 is 0. The standard InChI is InChI=1S/C12H14N2O2/c1-8-4-5-11(9(2)6-8)15-7-12-14-13-10(3)16-12/h4-6H,7H2,1-3H3. The van der Waals surface area contributed by atoms with Gasteiger partial charge >= 0.3 is 0 Å². The Morgan fingerprint density at radius 1 is 1.19 bits per heavy atom. The third-order valence-corrected chi connectivity index (χ3v) is 2.25. The van der Waals surface area contributed by atoms with Gasteiger partial charge in [0.05, 0.1) is 0 Å². The van der Waals surface area contributed by atoms with Crippen molar-refractivity contribution in [3.8, 4) is 5.75 Å². The minimum atomic E-state index is 0.310. The lowest BCUT2D eigenvalue weighted by atomic mass is 10.1. The first-order valence-electron chi connectivity index (χ1n) is 5.14. The summed E-state index contributed by atoms with van der Waals surface area (Å²) in [5.41, 5.74) is 2.33. The molecule has 4 nitrogen and oxygen atoms in total. The highest BCUT2D eigenvalue weighted by Gasteiger charge is 2.04. The van der Waals surface area contributed by atoms with E-state index in [4.69, 9.17) is 9.15 Å². The summed E-state index contributed by atoms with van der Waals surface area (Å²) in [6.45, 7) is 6.14. The third kappa shape index (κ3) is 2.39. The highest BCUT2D eigenvalue weighted by Crippen LogP contribution is 2.19. The van der Waals surface area contributed by atoms with E-state index in [9.17, 15) is 0 Å². The van der Waals surface area contributed by atoms with Crippen LogP contribution in [0.25, 0.3) is 0 Å². The number of aromatic nitrogens is 2. The molecule has 2 aromatic rings. The van der Waals surface area contributed by atoms with Crippen LogP contribution < -0.4 is 4.74 Å². The zero-order valence-electron chi connectivity index (χ0n) is 9.65. The second-order valence-corrected chi connectivity index (χ2v) is 3.77. The van der Waals surface area contributed by atoms with Gasteiger partial charge in [-0.2, -0.15) is 0 Å². The van der Waals surface area contributed by atoms with Gasteiger partial charge in [0.1, 0.15) is 5.75 Å². The molecule has 0 unspecified atom stereocenters. The smallest absolute Gasteiger partial charge is 0.253 e. The van der Waals surface area contributed by atoms with Gasteiger partial charge in [0.15, 0.2) is 6.61 Å². The Balaban J connectivity index is 2.04. The number of aryl methyl sites for hydroxylation is 3. The van der Waals surface area contributed by atoms with Gasteiger partial charge < -0.3 is 9.15 Å². The van der Waals surface area contributed by atoms with Crippen LogP contribution in [0.4, 0.5) is 0 Å². The van der Waals surface area contributed by atoms with Crippen molar-refractivity contribution in [3.05, 3.63) is 41.1 Å². The number of nitrogens with zero attached hydrogens (tertiary/aromatic N) is 2. The molecule has 1 aromatic heterocycles. The van der Waals surface area contributed by atoms with Crippen molar-refractivity contribution in [1.82, 2.24) is 10.2 Å². The maximum absolute atomic E-state index is 5.59. The number of rotatable bonds is 3. The molecule has 84 valence electrons. The summed E-state index contributed by atoms with van der Waals surface area (Å²) in [4.78, 5) is 0. The molecular weight excluding hydrogens is 204 g/mol. The Morgan fingerprint density at radius 2 is 2.00 bits per heavy atom. The lowest BCUT2D eigenvalue weighted by Crippen LogP contribution is -1.97. The van der Waals surface area contributed by atoms with E-state index in [1.807, 2.05) is 19.1 Å². The lowest BCUT2D eigenvalue weighted by Gasteiger charge is -2.07. The van der Waals surface area contributed by atoms with Crippen molar-refractivity contribution in [2.45, 2.75) is 27.4 Å². The molecule has 0 N–H and O–H groups in total. The van der Waals surface area contributed by atoms with Crippen LogP contribution >= 0.6 is 0 Å². The molecule has 1 heterocycles. The summed E-state index contributed by atoms with van der Waals surface area (Å²) in [5.74, 6) is 1.90. The van der Waals surface area contributed by atoms with E-state index in [2.05, 4.69) is 23.2 Å². The number of benzene rings is 1. The molecule has 0 radical (unpaired) electrons. The Labute approximate surface area is 94.3 Å². The van der Waals surface area contributed by atoms with Crippen LogP contribution in [0.2, 0.25) is 0 Å². The quantitative estimate of drug-likeness (QED) is 0.794. The predicted molar refractivity (Wildman–Crippen MR) is 59.3 cm³/mol. The van der Waals surface area contributed by atoms with Crippen LogP contribution in [0, 0.1) is 20.8 Å². The maximum Gasteiger partial charge on any atom is 0.253 e. The van der Waals surface area contributed by atoms with E-state index in [-0.39, 0.29) is 0 Å². The molecule has 16 heavy (non-hydrogen) atoms. The molecule has 2 rings (SSSR count). The van der Waals surface area contributed by atoms with Crippen molar-refractivity contribution >= 4 is 0 Å². The highest BCUT2D eigenvalue weighted by molar-refractivity contribution is 5.35. The Hall–Kier alpha value is -1.84. The molecular formula is C12H14N2O2. The Kier molecular flexibility index (Phi) is 2.90. The Morgan fingerprint density at radius 3 is 2.62 bits per heavy atom. The monoisotopic (exact) mass is 218 g/mol. The zero-order chi connectivity index (χ0) is 11.5. The minimum absolute atomic E-state index is 0.310. The molecule has 0 aliphatic carbocycles. The van der Waals surface area contributed by atoms with E-state index in [1.165, 1.54) is 5.56 Å². The van der Waals surface area contributed by atoms with Gasteiger partial charge in [0.25, 0.3) is 5.89 Å². The van der Waals surface area contributed by atoms with E-state index in [0.717, 1.165) is 11.3 Å². The SMILES string of the molecule is Cc1ccc(OCc2nnc(C)o2)c(C)c1. The molecule has 0 bridgehead atoms. The second kappa shape index (κ2) is 4.35. The first kappa shape index (κ1) is 10.7. The molecule has 0 saturated carbocycles. The van der Waals surface area contributed by atoms with Crippen LogP contribution in [0.1, 0.15) is 22.9 Å². The molecule has 0 amide bonds. The van der Waals surface area contributed by atoms with Crippen LogP contribution in [0.15, 0.2) is 22.6 Å². The topological polar surface area (TPSA) is 48.2 Å². The first-order chi connectivity index (χ1) is 7.65. The summed E-state index contributed by atoms with van der Waals surface area (Å²) in [6, 6.07) is 6.05. The van der Waals surface area contributed by atoms with Gasteiger partial charge in [-0.25, -0.2) is 0 Å². The first-order valence-corrected chi connectivity index (χ1v) is 5.14. The van der Waals surface area contributed by atoms with Crippen LogP contribution in [-0.4, -0.2) is 10.2 Å². The molecule has 0 aliphatic heterocycles. The van der Waals surface area contributed by atoms with Gasteiger partial charge in [-0.05, 0) is 25.5 Å². The summed E-state index contributed by atoms with van der Waals surface area (Å²) < 4.78 is 10.8. The highest BCUT2D eigenvalue weighted by atomic mass is 16.5. The number of hydrogen-bond acceptors (Lipinski definition) is 4. The average Bonchev–Trinajstić information content (AvgIpc) is 2.63. The van der Waals surface area contributed by atoms with Crippen molar-refractivity contribution in [1.29, 1.82) is 0 Å². The zero-order valence-corrected chi connectivity index (χ0v) is 9.65. The molecule has 0 fully saturated rings. The van der Waals surface area contributed by atoms with Crippen LogP contribution in [0.3, 0.4) is 0 Å². The molecule has 1 aromatic carbocycles. The van der Waals surface area contributed by atoms with Crippen molar-refractivity contribution in [3.63, 3.8) is 0 Å². The Bertz CT molecular complexity index is 492. The van der Waals surface area contributed by atoms with Gasteiger partial charge in [-0.3, -0.25) is 0 Å². The number of ether oxygens (including phenoxy) is 1. The van der Waals surface area contributed by atoms with Crippen molar-refractivity contribution in [2.24, 2.45) is 0 Å². The minimum Gasteiger partial charge on any atom is -0.484 e. The van der Waals surface area contributed by atoms with E-state index >= 15 is 0 Å². The van der Waals surface area contributed by atoms with Gasteiger partial charge in [0, 0.05) is 6.92 Å². The molecule has 0 spiro atoms. The van der Waals surface area contributed by atoms with Crippen molar-refractivity contribution in [2.75, 3.05) is 0 Å². The maximum atomic E-state index is 5.59. The van der Waals surface area contributed by atoms with Crippen LogP contribution in [0.5, 0.6) is 5.75 Å². The summed E-state index contributed by atoms with van der Waals surface area (Å²) in [6.07, 6.45) is 0. The van der Waals surface area contributed by atoms with E-state index in [1.54, 1.807) is 6.92 Å².